The highest BCUT2D eigenvalue weighted by Gasteiger charge is 2.21. The van der Waals surface area contributed by atoms with Crippen molar-refractivity contribution < 1.29 is 14.1 Å². The molecular weight excluding hydrogens is 274 g/mol. The topological polar surface area (TPSA) is 67.3 Å². The lowest BCUT2D eigenvalue weighted by molar-refractivity contribution is -0.138. The van der Waals surface area contributed by atoms with Crippen molar-refractivity contribution in [3.63, 3.8) is 0 Å². The standard InChI is InChI=1S/C15H15NO3S/c1-20(19)12-7-5-11(6-8-12)10-13(15(17)18)14-4-2-3-9-16-14/h2-9,13H,10H2,1H3,(H,17,18). The van der Waals surface area contributed by atoms with E-state index in [-0.39, 0.29) is 0 Å². The van der Waals surface area contributed by atoms with Gasteiger partial charge in [-0.3, -0.25) is 14.0 Å². The summed E-state index contributed by atoms with van der Waals surface area (Å²) in [5.41, 5.74) is 1.43. The van der Waals surface area contributed by atoms with Gasteiger partial charge in [0.15, 0.2) is 0 Å². The van der Waals surface area contributed by atoms with E-state index in [9.17, 15) is 14.1 Å². The Kier molecular flexibility index (Phi) is 4.63. The van der Waals surface area contributed by atoms with Crippen LogP contribution in [0.5, 0.6) is 0 Å². The van der Waals surface area contributed by atoms with E-state index in [2.05, 4.69) is 4.98 Å². The third-order valence-corrected chi connectivity index (χ3v) is 3.97. The Morgan fingerprint density at radius 2 is 1.95 bits per heavy atom. The number of aliphatic carboxylic acids is 1. The molecule has 20 heavy (non-hydrogen) atoms. The molecule has 0 saturated heterocycles. The molecule has 0 aliphatic heterocycles. The van der Waals surface area contributed by atoms with E-state index in [0.29, 0.717) is 12.1 Å². The smallest absolute Gasteiger partial charge is 0.312 e. The van der Waals surface area contributed by atoms with Crippen LogP contribution in [-0.2, 0) is 22.0 Å². The first-order valence-corrected chi connectivity index (χ1v) is 7.70. The second kappa shape index (κ2) is 6.43. The van der Waals surface area contributed by atoms with Crippen molar-refractivity contribution in [2.75, 3.05) is 6.26 Å². The molecule has 0 aliphatic rings. The molecule has 0 bridgehead atoms. The van der Waals surface area contributed by atoms with Gasteiger partial charge < -0.3 is 5.11 Å². The molecule has 1 aromatic carbocycles. The van der Waals surface area contributed by atoms with Gasteiger partial charge in [0, 0.05) is 28.1 Å². The molecule has 4 nitrogen and oxygen atoms in total. The summed E-state index contributed by atoms with van der Waals surface area (Å²) < 4.78 is 11.3. The molecule has 104 valence electrons. The number of pyridine rings is 1. The van der Waals surface area contributed by atoms with E-state index in [1.807, 2.05) is 12.1 Å². The monoisotopic (exact) mass is 289 g/mol. The lowest BCUT2D eigenvalue weighted by Gasteiger charge is -2.12. The Morgan fingerprint density at radius 3 is 2.45 bits per heavy atom. The summed E-state index contributed by atoms with van der Waals surface area (Å²) in [5.74, 6) is -1.57. The largest absolute Gasteiger partial charge is 0.481 e. The molecule has 2 rings (SSSR count). The van der Waals surface area contributed by atoms with Crippen LogP contribution in [0.2, 0.25) is 0 Å². The Morgan fingerprint density at radius 1 is 1.25 bits per heavy atom. The van der Waals surface area contributed by atoms with Crippen LogP contribution in [0.15, 0.2) is 53.6 Å². The van der Waals surface area contributed by atoms with Crippen LogP contribution in [0.25, 0.3) is 0 Å². The average Bonchev–Trinajstić information content (AvgIpc) is 2.46. The molecule has 0 aliphatic carbocycles. The van der Waals surface area contributed by atoms with Gasteiger partial charge in [-0.2, -0.15) is 0 Å². The van der Waals surface area contributed by atoms with E-state index in [1.54, 1.807) is 42.8 Å². The van der Waals surface area contributed by atoms with Crippen LogP contribution in [0.3, 0.4) is 0 Å². The normalized spacial score (nSPS) is 13.7. The van der Waals surface area contributed by atoms with Gasteiger partial charge in [0.05, 0.1) is 5.69 Å². The molecule has 5 heteroatoms. The fourth-order valence-electron chi connectivity index (χ4n) is 1.95. The number of hydrogen-bond donors (Lipinski definition) is 1. The van der Waals surface area contributed by atoms with Crippen LogP contribution in [-0.4, -0.2) is 26.5 Å². The first-order valence-electron chi connectivity index (χ1n) is 6.14. The maximum absolute atomic E-state index is 11.4. The van der Waals surface area contributed by atoms with Crippen molar-refractivity contribution in [1.29, 1.82) is 0 Å². The number of carboxylic acid groups (broad SMARTS) is 1. The molecule has 0 radical (unpaired) electrons. The number of rotatable bonds is 5. The number of carboxylic acids is 1. The second-order valence-corrected chi connectivity index (χ2v) is 5.83. The Labute approximate surface area is 119 Å². The highest BCUT2D eigenvalue weighted by Crippen LogP contribution is 2.20. The maximum Gasteiger partial charge on any atom is 0.312 e. The molecule has 1 heterocycles. The molecule has 2 unspecified atom stereocenters. The second-order valence-electron chi connectivity index (χ2n) is 4.45. The minimum Gasteiger partial charge on any atom is -0.481 e. The van der Waals surface area contributed by atoms with Gasteiger partial charge in [-0.25, -0.2) is 0 Å². The summed E-state index contributed by atoms with van der Waals surface area (Å²) in [6, 6.07) is 12.4. The number of hydrogen-bond acceptors (Lipinski definition) is 3. The van der Waals surface area contributed by atoms with Crippen LogP contribution in [0.4, 0.5) is 0 Å². The Bertz CT molecular complexity index is 611. The highest BCUT2D eigenvalue weighted by atomic mass is 32.2. The van der Waals surface area contributed by atoms with E-state index >= 15 is 0 Å². The van der Waals surface area contributed by atoms with Crippen molar-refractivity contribution in [2.45, 2.75) is 17.2 Å². The third kappa shape index (κ3) is 3.51. The van der Waals surface area contributed by atoms with Gasteiger partial charge in [0.25, 0.3) is 0 Å². The van der Waals surface area contributed by atoms with Crippen molar-refractivity contribution in [3.05, 3.63) is 59.9 Å². The van der Waals surface area contributed by atoms with Crippen LogP contribution < -0.4 is 0 Å². The number of carbonyl (C=O) groups is 1. The molecule has 0 fully saturated rings. The van der Waals surface area contributed by atoms with Gasteiger partial charge in [0.2, 0.25) is 0 Å². The Hall–Kier alpha value is -2.01. The van der Waals surface area contributed by atoms with Gasteiger partial charge in [-0.05, 0) is 36.2 Å². The van der Waals surface area contributed by atoms with Crippen LogP contribution >= 0.6 is 0 Å². The number of nitrogens with zero attached hydrogens (tertiary/aromatic N) is 1. The molecule has 2 aromatic rings. The zero-order valence-corrected chi connectivity index (χ0v) is 11.8. The quantitative estimate of drug-likeness (QED) is 0.916. The van der Waals surface area contributed by atoms with E-state index in [1.165, 1.54) is 0 Å². The van der Waals surface area contributed by atoms with Gasteiger partial charge in [0.1, 0.15) is 5.92 Å². The fraction of sp³-hybridized carbons (Fsp3) is 0.200. The summed E-state index contributed by atoms with van der Waals surface area (Å²) >= 11 is 0. The number of aromatic nitrogens is 1. The summed E-state index contributed by atoms with van der Waals surface area (Å²) in [5, 5.41) is 9.34. The molecule has 1 aromatic heterocycles. The van der Waals surface area contributed by atoms with Crippen molar-refractivity contribution in [1.82, 2.24) is 4.98 Å². The highest BCUT2D eigenvalue weighted by molar-refractivity contribution is 7.84. The molecular formula is C15H15NO3S. The lowest BCUT2D eigenvalue weighted by atomic mass is 9.96. The summed E-state index contributed by atoms with van der Waals surface area (Å²) in [6.07, 6.45) is 3.57. The molecule has 0 saturated carbocycles. The summed E-state index contributed by atoms with van der Waals surface area (Å²) in [6.45, 7) is 0. The Balaban J connectivity index is 2.21. The molecule has 2 atom stereocenters. The molecule has 0 amide bonds. The van der Waals surface area contributed by atoms with Crippen molar-refractivity contribution in [2.24, 2.45) is 0 Å². The van der Waals surface area contributed by atoms with Crippen LogP contribution in [0, 0.1) is 0 Å². The van der Waals surface area contributed by atoms with Gasteiger partial charge in [-0.1, -0.05) is 18.2 Å². The lowest BCUT2D eigenvalue weighted by Crippen LogP contribution is -2.15. The predicted molar refractivity (Wildman–Crippen MR) is 77.1 cm³/mol. The minimum atomic E-state index is -1.02. The zero-order valence-electron chi connectivity index (χ0n) is 11.0. The fourth-order valence-corrected chi connectivity index (χ4v) is 2.47. The summed E-state index contributed by atoms with van der Waals surface area (Å²) in [4.78, 5) is 16.2. The van der Waals surface area contributed by atoms with Crippen molar-refractivity contribution in [3.8, 4) is 0 Å². The van der Waals surface area contributed by atoms with Gasteiger partial charge >= 0.3 is 5.97 Å². The number of benzene rings is 1. The maximum atomic E-state index is 11.4. The average molecular weight is 289 g/mol. The SMILES string of the molecule is CS(=O)c1ccc(CC(C(=O)O)c2ccccn2)cc1. The van der Waals surface area contributed by atoms with Crippen molar-refractivity contribution >= 4 is 16.8 Å². The van der Waals surface area contributed by atoms with E-state index < -0.39 is 22.7 Å². The predicted octanol–water partition coefficient (Wildman–Crippen LogP) is 2.23. The zero-order chi connectivity index (χ0) is 14.5. The first kappa shape index (κ1) is 14.4. The summed E-state index contributed by atoms with van der Waals surface area (Å²) in [7, 11) is -1.02. The minimum absolute atomic E-state index is 0.364. The molecule has 0 spiro atoms. The third-order valence-electron chi connectivity index (χ3n) is 3.04. The first-order chi connectivity index (χ1) is 9.58. The van der Waals surface area contributed by atoms with Gasteiger partial charge in [-0.15, -0.1) is 0 Å². The van der Waals surface area contributed by atoms with E-state index in [4.69, 9.17) is 0 Å². The van der Waals surface area contributed by atoms with E-state index in [0.717, 1.165) is 10.5 Å². The molecule has 1 N–H and O–H groups in total. The van der Waals surface area contributed by atoms with Crippen LogP contribution in [0.1, 0.15) is 17.2 Å².